The van der Waals surface area contributed by atoms with Crippen LogP contribution < -0.4 is 0 Å². The molecule has 0 aliphatic heterocycles. The normalized spacial score (nSPS) is 26.2. The minimum atomic E-state index is -4.08. The average molecular weight is 447 g/mol. The van der Waals surface area contributed by atoms with Gasteiger partial charge in [0, 0.05) is 6.42 Å². The number of benzene rings is 1. The maximum atomic E-state index is 11.9. The molecule has 0 radical (unpaired) electrons. The second-order valence-corrected chi connectivity index (χ2v) is 12.5. The van der Waals surface area contributed by atoms with E-state index in [2.05, 4.69) is 0 Å². The Morgan fingerprint density at radius 2 is 1.55 bits per heavy atom. The van der Waals surface area contributed by atoms with Crippen molar-refractivity contribution in [3.05, 3.63) is 29.8 Å². The van der Waals surface area contributed by atoms with E-state index in [9.17, 15) is 21.6 Å². The maximum absolute atomic E-state index is 11.9. The summed E-state index contributed by atoms with van der Waals surface area (Å²) in [5.41, 5.74) is -0.104. The van der Waals surface area contributed by atoms with E-state index in [1.54, 1.807) is 12.1 Å². The van der Waals surface area contributed by atoms with Gasteiger partial charge in [0.25, 0.3) is 20.2 Å². The molecule has 0 spiro atoms. The van der Waals surface area contributed by atoms with Crippen molar-refractivity contribution in [3.8, 4) is 0 Å². The number of carbonyl (C=O) groups excluding carboxylic acids is 1. The molecule has 2 fully saturated rings. The van der Waals surface area contributed by atoms with Crippen LogP contribution in [0.2, 0.25) is 0 Å². The molecular formula is C20H30O7S2. The molecule has 2 aliphatic carbocycles. The lowest BCUT2D eigenvalue weighted by molar-refractivity contribution is -0.128. The second kappa shape index (κ2) is 7.44. The first-order valence-corrected chi connectivity index (χ1v) is 12.5. The molecule has 0 heterocycles. The summed E-state index contributed by atoms with van der Waals surface area (Å²) in [6.45, 7) is 10.0. The SMILES string of the molecule is CC(C)(C)c1ccc(S(=O)(=O)O)cc1.CC1(C)C2CCC1(CS(=O)(=O)O)C(=O)C2. The van der Waals surface area contributed by atoms with E-state index in [-0.39, 0.29) is 27.4 Å². The van der Waals surface area contributed by atoms with Crippen LogP contribution in [0.5, 0.6) is 0 Å². The average Bonchev–Trinajstić information content (AvgIpc) is 2.86. The Balaban J connectivity index is 0.000000208. The van der Waals surface area contributed by atoms with Crippen LogP contribution in [-0.2, 0) is 30.4 Å². The van der Waals surface area contributed by atoms with Crippen molar-refractivity contribution in [1.29, 1.82) is 0 Å². The largest absolute Gasteiger partial charge is 0.299 e. The van der Waals surface area contributed by atoms with Crippen molar-refractivity contribution in [1.82, 2.24) is 0 Å². The molecule has 164 valence electrons. The second-order valence-electron chi connectivity index (χ2n) is 9.64. The van der Waals surface area contributed by atoms with Gasteiger partial charge >= 0.3 is 0 Å². The Morgan fingerprint density at radius 3 is 1.86 bits per heavy atom. The topological polar surface area (TPSA) is 126 Å². The molecule has 2 saturated carbocycles. The molecule has 3 rings (SSSR count). The van der Waals surface area contributed by atoms with Crippen LogP contribution in [0.15, 0.2) is 29.2 Å². The quantitative estimate of drug-likeness (QED) is 0.681. The van der Waals surface area contributed by atoms with E-state index in [0.29, 0.717) is 12.8 Å². The third-order valence-corrected chi connectivity index (χ3v) is 8.31. The summed E-state index contributed by atoms with van der Waals surface area (Å²) >= 11 is 0. The molecule has 2 unspecified atom stereocenters. The fourth-order valence-electron chi connectivity index (χ4n) is 4.55. The smallest absolute Gasteiger partial charge is 0.294 e. The standard InChI is InChI=1S/C10H16O4S.C10H14O3S/c1-9(2)7-3-4-10(9,8(11)5-7)6-15(12,13)14;1-10(2,3)8-4-6-9(7-5-8)14(11,12)13/h7H,3-6H2,1-2H3,(H,12,13,14);4-7H,1-3H3,(H,11,12,13). The summed E-state index contributed by atoms with van der Waals surface area (Å²) in [5, 5.41) is 0. The number of carbonyl (C=O) groups is 1. The van der Waals surface area contributed by atoms with Gasteiger partial charge in [0.05, 0.1) is 16.1 Å². The summed E-state index contributed by atoms with van der Waals surface area (Å²) in [7, 11) is -8.14. The third kappa shape index (κ3) is 4.90. The van der Waals surface area contributed by atoms with E-state index in [1.807, 2.05) is 34.6 Å². The van der Waals surface area contributed by atoms with Gasteiger partial charge in [-0.05, 0) is 47.3 Å². The van der Waals surface area contributed by atoms with Crippen molar-refractivity contribution < 1.29 is 30.7 Å². The van der Waals surface area contributed by atoms with Gasteiger partial charge in [0.2, 0.25) is 0 Å². The van der Waals surface area contributed by atoms with E-state index in [0.717, 1.165) is 12.0 Å². The Kier molecular flexibility index (Phi) is 6.15. The van der Waals surface area contributed by atoms with Gasteiger partial charge < -0.3 is 0 Å². The maximum Gasteiger partial charge on any atom is 0.294 e. The van der Waals surface area contributed by atoms with Gasteiger partial charge in [0.1, 0.15) is 5.78 Å². The fourth-order valence-corrected chi connectivity index (χ4v) is 6.33. The first-order chi connectivity index (χ1) is 12.9. The third-order valence-electron chi connectivity index (χ3n) is 6.59. The van der Waals surface area contributed by atoms with Gasteiger partial charge in [-0.15, -0.1) is 0 Å². The van der Waals surface area contributed by atoms with Gasteiger partial charge in [-0.3, -0.25) is 13.9 Å². The highest BCUT2D eigenvalue weighted by Crippen LogP contribution is 2.64. The zero-order chi connectivity index (χ0) is 22.5. The van der Waals surface area contributed by atoms with Crippen LogP contribution >= 0.6 is 0 Å². The minimum absolute atomic E-state index is 0.0152. The van der Waals surface area contributed by atoms with Crippen LogP contribution in [0.4, 0.5) is 0 Å². The lowest BCUT2D eigenvalue weighted by Gasteiger charge is -2.35. The van der Waals surface area contributed by atoms with E-state index in [1.165, 1.54) is 12.1 Å². The highest BCUT2D eigenvalue weighted by Gasteiger charge is 2.65. The molecule has 2 aliphatic rings. The highest BCUT2D eigenvalue weighted by atomic mass is 32.2. The Bertz CT molecular complexity index is 984. The van der Waals surface area contributed by atoms with Crippen LogP contribution in [0.1, 0.15) is 59.4 Å². The Labute approximate surface area is 173 Å². The van der Waals surface area contributed by atoms with Crippen molar-refractivity contribution in [2.24, 2.45) is 16.7 Å². The Morgan fingerprint density at radius 1 is 1.03 bits per heavy atom. The van der Waals surface area contributed by atoms with Crippen LogP contribution in [0.25, 0.3) is 0 Å². The molecule has 29 heavy (non-hydrogen) atoms. The van der Waals surface area contributed by atoms with Gasteiger partial charge in [0.15, 0.2) is 0 Å². The molecule has 9 heteroatoms. The van der Waals surface area contributed by atoms with Crippen LogP contribution in [0, 0.1) is 16.7 Å². The highest BCUT2D eigenvalue weighted by molar-refractivity contribution is 7.86. The number of ketones is 1. The monoisotopic (exact) mass is 446 g/mol. The summed E-state index contributed by atoms with van der Waals surface area (Å²) in [6, 6.07) is 6.25. The van der Waals surface area contributed by atoms with E-state index in [4.69, 9.17) is 9.11 Å². The fraction of sp³-hybridized carbons (Fsp3) is 0.650. The molecule has 7 nitrogen and oxygen atoms in total. The zero-order valence-corrected chi connectivity index (χ0v) is 19.1. The van der Waals surface area contributed by atoms with Crippen molar-refractivity contribution >= 4 is 26.0 Å². The predicted octanol–water partition coefficient (Wildman–Crippen LogP) is 3.50. The van der Waals surface area contributed by atoms with Crippen LogP contribution in [-0.4, -0.2) is 37.5 Å². The van der Waals surface area contributed by atoms with Crippen molar-refractivity contribution in [2.45, 2.75) is 64.2 Å². The van der Waals surface area contributed by atoms with Crippen LogP contribution in [0.3, 0.4) is 0 Å². The molecule has 2 N–H and O–H groups in total. The number of hydrogen-bond donors (Lipinski definition) is 2. The summed E-state index contributed by atoms with van der Waals surface area (Å²) < 4.78 is 61.2. The van der Waals surface area contributed by atoms with Crippen molar-refractivity contribution in [2.75, 3.05) is 5.75 Å². The number of rotatable bonds is 3. The first kappa shape index (κ1) is 24.0. The molecule has 2 atom stereocenters. The summed E-state index contributed by atoms with van der Waals surface area (Å²) in [4.78, 5) is 11.8. The number of Topliss-reactive ketones (excluding diaryl/α,β-unsaturated/α-hetero) is 1. The Hall–Kier alpha value is -1.29. The molecule has 2 bridgehead atoms. The van der Waals surface area contributed by atoms with Crippen molar-refractivity contribution in [3.63, 3.8) is 0 Å². The molecule has 0 amide bonds. The lowest BCUT2D eigenvalue weighted by Crippen LogP contribution is -2.42. The minimum Gasteiger partial charge on any atom is -0.299 e. The number of hydrogen-bond acceptors (Lipinski definition) is 5. The van der Waals surface area contributed by atoms with E-state index >= 15 is 0 Å². The first-order valence-electron chi connectivity index (χ1n) is 9.47. The van der Waals surface area contributed by atoms with E-state index < -0.39 is 31.4 Å². The van der Waals surface area contributed by atoms with Gasteiger partial charge in [-0.1, -0.05) is 46.8 Å². The van der Waals surface area contributed by atoms with Gasteiger partial charge in [-0.2, -0.15) is 16.8 Å². The summed E-state index contributed by atoms with van der Waals surface area (Å²) in [5.74, 6) is -0.101. The lowest BCUT2D eigenvalue weighted by atomic mass is 9.70. The molecule has 0 aromatic heterocycles. The molecular weight excluding hydrogens is 416 g/mol. The molecule has 1 aromatic carbocycles. The molecule has 1 aromatic rings. The summed E-state index contributed by atoms with van der Waals surface area (Å²) in [6.07, 6.45) is 1.97. The van der Waals surface area contributed by atoms with Gasteiger partial charge in [-0.25, -0.2) is 0 Å². The predicted molar refractivity (Wildman–Crippen MR) is 110 cm³/mol. The molecule has 0 saturated heterocycles. The zero-order valence-electron chi connectivity index (χ0n) is 17.5. The number of fused-ring (bicyclic) bond motifs is 2.